The number of anilines is 1. The second kappa shape index (κ2) is 8.00. The minimum atomic E-state index is 0.353. The van der Waals surface area contributed by atoms with Crippen molar-refractivity contribution >= 4 is 23.0 Å². The van der Waals surface area contributed by atoms with Crippen molar-refractivity contribution in [2.45, 2.75) is 20.3 Å². The van der Waals surface area contributed by atoms with E-state index in [-0.39, 0.29) is 0 Å². The van der Waals surface area contributed by atoms with E-state index in [4.69, 9.17) is 22.7 Å². The van der Waals surface area contributed by atoms with Crippen LogP contribution in [-0.4, -0.2) is 29.7 Å². The molecule has 0 saturated carbocycles. The second-order valence-electron chi connectivity index (χ2n) is 4.49. The highest BCUT2D eigenvalue weighted by Gasteiger charge is 2.04. The van der Waals surface area contributed by atoms with E-state index < -0.39 is 0 Å². The lowest BCUT2D eigenvalue weighted by Crippen LogP contribution is -2.17. The highest BCUT2D eigenvalue weighted by atomic mass is 32.1. The van der Waals surface area contributed by atoms with Crippen LogP contribution in [0.5, 0.6) is 0 Å². The Kier molecular flexibility index (Phi) is 6.60. The van der Waals surface area contributed by atoms with Gasteiger partial charge in [-0.15, -0.1) is 0 Å². The Bertz CT molecular complexity index is 382. The number of aromatic nitrogens is 1. The summed E-state index contributed by atoms with van der Waals surface area (Å²) in [6.07, 6.45) is 2.80. The number of nitrogens with zero attached hydrogens (tertiary/aromatic N) is 1. The van der Waals surface area contributed by atoms with Gasteiger partial charge in [0.25, 0.3) is 0 Å². The van der Waals surface area contributed by atoms with Gasteiger partial charge in [-0.25, -0.2) is 4.98 Å². The minimum Gasteiger partial charge on any atom is -0.389 e. The lowest BCUT2D eigenvalue weighted by atomic mass is 10.1. The Balaban J connectivity index is 2.29. The molecule has 1 aromatic heterocycles. The average molecular weight is 267 g/mol. The molecule has 5 heteroatoms. The van der Waals surface area contributed by atoms with Gasteiger partial charge in [-0.2, -0.15) is 0 Å². The molecule has 0 spiro atoms. The fourth-order valence-corrected chi connectivity index (χ4v) is 1.57. The van der Waals surface area contributed by atoms with E-state index >= 15 is 0 Å². The summed E-state index contributed by atoms with van der Waals surface area (Å²) in [5.41, 5.74) is 6.39. The monoisotopic (exact) mass is 267 g/mol. The summed E-state index contributed by atoms with van der Waals surface area (Å²) in [6, 6.07) is 3.68. The van der Waals surface area contributed by atoms with Gasteiger partial charge in [0.2, 0.25) is 0 Å². The largest absolute Gasteiger partial charge is 0.389 e. The van der Waals surface area contributed by atoms with Gasteiger partial charge in [-0.1, -0.05) is 26.1 Å². The van der Waals surface area contributed by atoms with Crippen LogP contribution < -0.4 is 11.1 Å². The molecule has 0 bridgehead atoms. The molecule has 0 fully saturated rings. The van der Waals surface area contributed by atoms with Crippen molar-refractivity contribution in [1.29, 1.82) is 0 Å². The van der Waals surface area contributed by atoms with E-state index in [0.29, 0.717) is 24.1 Å². The van der Waals surface area contributed by atoms with E-state index in [9.17, 15) is 0 Å². The van der Waals surface area contributed by atoms with Crippen LogP contribution in [0.3, 0.4) is 0 Å². The van der Waals surface area contributed by atoms with Crippen LogP contribution in [0.4, 0.5) is 5.82 Å². The maximum Gasteiger partial charge on any atom is 0.136 e. The Morgan fingerprint density at radius 3 is 2.94 bits per heavy atom. The number of ether oxygens (including phenoxy) is 1. The van der Waals surface area contributed by atoms with Crippen LogP contribution in [0.1, 0.15) is 25.8 Å². The quantitative estimate of drug-likeness (QED) is 0.558. The Morgan fingerprint density at radius 2 is 2.28 bits per heavy atom. The van der Waals surface area contributed by atoms with Crippen LogP contribution in [0, 0.1) is 5.92 Å². The predicted molar refractivity (Wildman–Crippen MR) is 78.9 cm³/mol. The zero-order valence-corrected chi connectivity index (χ0v) is 11.8. The molecule has 0 aliphatic heterocycles. The molecule has 100 valence electrons. The SMILES string of the molecule is CC(C)CCOCCNc1ncccc1C(N)=S. The van der Waals surface area contributed by atoms with Gasteiger partial charge in [-0.3, -0.25) is 0 Å². The number of hydrogen-bond donors (Lipinski definition) is 2. The molecule has 0 atom stereocenters. The number of thiocarbonyl (C=S) groups is 1. The van der Waals surface area contributed by atoms with Gasteiger partial charge >= 0.3 is 0 Å². The maximum absolute atomic E-state index is 5.62. The van der Waals surface area contributed by atoms with E-state index in [2.05, 4.69) is 24.1 Å². The topological polar surface area (TPSA) is 60.2 Å². The molecule has 4 nitrogen and oxygen atoms in total. The fourth-order valence-electron chi connectivity index (χ4n) is 1.41. The summed E-state index contributed by atoms with van der Waals surface area (Å²) in [4.78, 5) is 4.56. The summed E-state index contributed by atoms with van der Waals surface area (Å²) < 4.78 is 5.51. The van der Waals surface area contributed by atoms with Crippen molar-refractivity contribution in [3.63, 3.8) is 0 Å². The third kappa shape index (κ3) is 5.42. The molecule has 1 aromatic rings. The van der Waals surface area contributed by atoms with Gasteiger partial charge < -0.3 is 15.8 Å². The predicted octanol–water partition coefficient (Wildman–Crippen LogP) is 2.19. The first-order chi connectivity index (χ1) is 8.61. The Labute approximate surface area is 114 Å². The number of rotatable bonds is 8. The molecule has 18 heavy (non-hydrogen) atoms. The van der Waals surface area contributed by atoms with Gasteiger partial charge in [0.15, 0.2) is 0 Å². The molecular weight excluding hydrogens is 246 g/mol. The van der Waals surface area contributed by atoms with E-state index in [0.717, 1.165) is 24.4 Å². The van der Waals surface area contributed by atoms with Crippen LogP contribution in [0.25, 0.3) is 0 Å². The van der Waals surface area contributed by atoms with Crippen molar-refractivity contribution in [3.8, 4) is 0 Å². The van der Waals surface area contributed by atoms with Gasteiger partial charge in [-0.05, 0) is 24.5 Å². The molecular formula is C13H21N3OS. The Hall–Kier alpha value is -1.20. The number of nitrogens with one attached hydrogen (secondary N) is 1. The van der Waals surface area contributed by atoms with Crippen molar-refractivity contribution < 1.29 is 4.74 Å². The van der Waals surface area contributed by atoms with E-state index in [1.807, 2.05) is 12.1 Å². The van der Waals surface area contributed by atoms with Crippen molar-refractivity contribution in [3.05, 3.63) is 23.9 Å². The normalized spacial score (nSPS) is 10.6. The highest BCUT2D eigenvalue weighted by Crippen LogP contribution is 2.10. The van der Waals surface area contributed by atoms with Crippen LogP contribution in [0.15, 0.2) is 18.3 Å². The minimum absolute atomic E-state index is 0.353. The summed E-state index contributed by atoms with van der Waals surface area (Å²) in [5, 5.41) is 3.18. The zero-order chi connectivity index (χ0) is 13.4. The van der Waals surface area contributed by atoms with Crippen molar-refractivity contribution in [1.82, 2.24) is 4.98 Å². The molecule has 1 rings (SSSR count). The molecule has 0 aliphatic rings. The number of pyridine rings is 1. The van der Waals surface area contributed by atoms with Gasteiger partial charge in [0.1, 0.15) is 10.8 Å². The van der Waals surface area contributed by atoms with Crippen LogP contribution >= 0.6 is 12.2 Å². The fraction of sp³-hybridized carbons (Fsp3) is 0.538. The summed E-state index contributed by atoms with van der Waals surface area (Å²) >= 11 is 4.97. The molecule has 0 radical (unpaired) electrons. The third-order valence-corrected chi connectivity index (χ3v) is 2.67. The average Bonchev–Trinajstić information content (AvgIpc) is 2.33. The maximum atomic E-state index is 5.62. The van der Waals surface area contributed by atoms with E-state index in [1.165, 1.54) is 0 Å². The molecule has 0 aromatic carbocycles. The number of nitrogens with two attached hydrogens (primary N) is 1. The first-order valence-electron chi connectivity index (χ1n) is 6.17. The second-order valence-corrected chi connectivity index (χ2v) is 4.93. The molecule has 0 unspecified atom stereocenters. The molecule has 0 saturated heterocycles. The van der Waals surface area contributed by atoms with Crippen LogP contribution in [0.2, 0.25) is 0 Å². The third-order valence-electron chi connectivity index (χ3n) is 2.45. The molecule has 0 amide bonds. The molecule has 3 N–H and O–H groups in total. The lowest BCUT2D eigenvalue weighted by molar-refractivity contribution is 0.132. The highest BCUT2D eigenvalue weighted by molar-refractivity contribution is 7.80. The molecule has 1 heterocycles. The van der Waals surface area contributed by atoms with Crippen LogP contribution in [-0.2, 0) is 4.74 Å². The Morgan fingerprint density at radius 1 is 1.50 bits per heavy atom. The molecule has 0 aliphatic carbocycles. The first kappa shape index (κ1) is 14.9. The lowest BCUT2D eigenvalue weighted by Gasteiger charge is -2.10. The summed E-state index contributed by atoms with van der Waals surface area (Å²) in [7, 11) is 0. The standard InChI is InChI=1S/C13H21N3OS/c1-10(2)5-8-17-9-7-16-13-11(12(14)18)4-3-6-15-13/h3-4,6,10H,5,7-9H2,1-2H3,(H2,14,18)(H,15,16). The summed E-state index contributed by atoms with van der Waals surface area (Å²) in [5.74, 6) is 1.40. The number of hydrogen-bond acceptors (Lipinski definition) is 4. The van der Waals surface area contributed by atoms with Gasteiger partial charge in [0, 0.05) is 19.3 Å². The van der Waals surface area contributed by atoms with Gasteiger partial charge in [0.05, 0.1) is 12.2 Å². The zero-order valence-electron chi connectivity index (χ0n) is 11.0. The van der Waals surface area contributed by atoms with Crippen molar-refractivity contribution in [2.24, 2.45) is 11.7 Å². The first-order valence-corrected chi connectivity index (χ1v) is 6.58. The summed E-state index contributed by atoms with van der Waals surface area (Å²) in [6.45, 7) is 6.52. The van der Waals surface area contributed by atoms with Crippen molar-refractivity contribution in [2.75, 3.05) is 25.1 Å². The van der Waals surface area contributed by atoms with E-state index in [1.54, 1.807) is 6.20 Å². The smallest absolute Gasteiger partial charge is 0.136 e.